The first-order valence-corrected chi connectivity index (χ1v) is 18.5. The van der Waals surface area contributed by atoms with Gasteiger partial charge < -0.3 is 0 Å². The van der Waals surface area contributed by atoms with Crippen molar-refractivity contribution in [1.29, 1.82) is 0 Å². The minimum atomic E-state index is -0.0775. The lowest BCUT2D eigenvalue weighted by molar-refractivity contribution is 0.660. The molecule has 0 heteroatoms. The van der Waals surface area contributed by atoms with Gasteiger partial charge in [-0.1, -0.05) is 179 Å². The largest absolute Gasteiger partial charge is 0.0622 e. The van der Waals surface area contributed by atoms with Gasteiger partial charge in [0.15, 0.2) is 0 Å². The standard InChI is InChI=1S/C52H40/c1-51(2)46-20-12-10-17-40(46)42-28-24-35(31-48(42)51)34-23-27-39-38(26-22-33-14-6-5-7-15-33)37-16-8-9-19-44(37)50(45(39)30-34)36-25-29-43-41-18-11-13-21-47(41)52(3,4)49(43)32-36/h5-32H,1-4H3. The quantitative estimate of drug-likeness (QED) is 0.130. The Morgan fingerprint density at radius 3 is 1.50 bits per heavy atom. The summed E-state index contributed by atoms with van der Waals surface area (Å²) in [5, 5.41) is 5.09. The minimum absolute atomic E-state index is 0.0512. The van der Waals surface area contributed by atoms with E-state index in [1.165, 1.54) is 99.4 Å². The molecular weight excluding hydrogens is 625 g/mol. The van der Waals surface area contributed by atoms with Crippen LogP contribution in [0.4, 0.5) is 0 Å². The van der Waals surface area contributed by atoms with E-state index in [0.717, 1.165) is 0 Å². The van der Waals surface area contributed by atoms with Crippen molar-refractivity contribution < 1.29 is 0 Å². The Morgan fingerprint density at radius 1 is 0.346 bits per heavy atom. The highest BCUT2D eigenvalue weighted by Crippen LogP contribution is 2.52. The molecule has 0 saturated carbocycles. The predicted molar refractivity (Wildman–Crippen MR) is 223 cm³/mol. The summed E-state index contributed by atoms with van der Waals surface area (Å²) in [5.74, 6) is 0. The molecule has 0 radical (unpaired) electrons. The van der Waals surface area contributed by atoms with Gasteiger partial charge in [0.25, 0.3) is 0 Å². The highest BCUT2D eigenvalue weighted by Gasteiger charge is 2.36. The van der Waals surface area contributed by atoms with Crippen molar-refractivity contribution in [1.82, 2.24) is 0 Å². The van der Waals surface area contributed by atoms with Gasteiger partial charge in [-0.05, 0) is 118 Å². The van der Waals surface area contributed by atoms with Crippen LogP contribution in [0.15, 0.2) is 158 Å². The molecular formula is C52H40. The van der Waals surface area contributed by atoms with E-state index >= 15 is 0 Å². The molecule has 0 atom stereocenters. The van der Waals surface area contributed by atoms with Crippen LogP contribution in [0.3, 0.4) is 0 Å². The van der Waals surface area contributed by atoms with E-state index in [9.17, 15) is 0 Å². The third-order valence-electron chi connectivity index (χ3n) is 12.1. The number of fused-ring (bicyclic) bond motifs is 8. The predicted octanol–water partition coefficient (Wildman–Crippen LogP) is 14.1. The van der Waals surface area contributed by atoms with Gasteiger partial charge in [-0.2, -0.15) is 0 Å². The molecule has 0 bridgehead atoms. The van der Waals surface area contributed by atoms with Crippen molar-refractivity contribution >= 4 is 33.7 Å². The Kier molecular flexibility index (Phi) is 6.67. The molecule has 0 nitrogen and oxygen atoms in total. The number of hydrogen-bond donors (Lipinski definition) is 0. The van der Waals surface area contributed by atoms with Gasteiger partial charge in [-0.3, -0.25) is 0 Å². The normalized spacial score (nSPS) is 14.8. The highest BCUT2D eigenvalue weighted by molar-refractivity contribution is 6.19. The van der Waals surface area contributed by atoms with Crippen LogP contribution in [-0.4, -0.2) is 0 Å². The summed E-state index contributed by atoms with van der Waals surface area (Å²) in [6.07, 6.45) is 4.57. The molecule has 8 aromatic carbocycles. The molecule has 2 aliphatic carbocycles. The number of benzene rings is 8. The molecule has 0 saturated heterocycles. The van der Waals surface area contributed by atoms with Crippen LogP contribution < -0.4 is 0 Å². The molecule has 0 amide bonds. The van der Waals surface area contributed by atoms with Gasteiger partial charge in [-0.25, -0.2) is 0 Å². The number of rotatable bonds is 4. The third-order valence-corrected chi connectivity index (χ3v) is 12.1. The number of hydrogen-bond acceptors (Lipinski definition) is 0. The topological polar surface area (TPSA) is 0 Å². The first-order valence-electron chi connectivity index (χ1n) is 18.5. The van der Waals surface area contributed by atoms with Gasteiger partial charge in [0, 0.05) is 10.8 Å². The van der Waals surface area contributed by atoms with E-state index in [1.807, 2.05) is 0 Å². The fourth-order valence-corrected chi connectivity index (χ4v) is 9.37. The summed E-state index contributed by atoms with van der Waals surface area (Å²) in [4.78, 5) is 0. The summed E-state index contributed by atoms with van der Waals surface area (Å²) in [7, 11) is 0. The second-order valence-corrected chi connectivity index (χ2v) is 15.7. The van der Waals surface area contributed by atoms with Gasteiger partial charge >= 0.3 is 0 Å². The molecule has 8 aromatic rings. The van der Waals surface area contributed by atoms with Crippen LogP contribution in [0.5, 0.6) is 0 Å². The second-order valence-electron chi connectivity index (χ2n) is 15.7. The zero-order valence-corrected chi connectivity index (χ0v) is 30.2. The smallest absolute Gasteiger partial charge is 0.0159 e. The maximum absolute atomic E-state index is 2.48. The van der Waals surface area contributed by atoms with E-state index in [2.05, 4.69) is 198 Å². The van der Waals surface area contributed by atoms with Crippen LogP contribution >= 0.6 is 0 Å². The second kappa shape index (κ2) is 11.3. The lowest BCUT2D eigenvalue weighted by atomic mass is 9.80. The van der Waals surface area contributed by atoms with E-state index in [-0.39, 0.29) is 10.8 Å². The molecule has 0 fully saturated rings. The van der Waals surface area contributed by atoms with Crippen molar-refractivity contribution in [3.05, 3.63) is 191 Å². The van der Waals surface area contributed by atoms with Crippen LogP contribution in [0, 0.1) is 0 Å². The molecule has 0 heterocycles. The van der Waals surface area contributed by atoms with Gasteiger partial charge in [0.2, 0.25) is 0 Å². The minimum Gasteiger partial charge on any atom is -0.0622 e. The van der Waals surface area contributed by atoms with Crippen molar-refractivity contribution in [3.63, 3.8) is 0 Å². The molecule has 0 aliphatic heterocycles. The summed E-state index contributed by atoms with van der Waals surface area (Å²) in [6.45, 7) is 9.48. The monoisotopic (exact) mass is 664 g/mol. The SMILES string of the molecule is CC1(C)c2ccccc2-c2ccc(-c3ccc4c(C=Cc5ccccc5)c5ccccc5c(-c5ccc6c(c5)C(C)(C)c5ccccc5-6)c4c3)cc21. The summed E-state index contributed by atoms with van der Waals surface area (Å²) in [5.41, 5.74) is 18.4. The van der Waals surface area contributed by atoms with Crippen LogP contribution in [-0.2, 0) is 10.8 Å². The van der Waals surface area contributed by atoms with E-state index in [1.54, 1.807) is 0 Å². The molecule has 0 N–H and O–H groups in total. The molecule has 0 unspecified atom stereocenters. The molecule has 10 rings (SSSR count). The Balaban J connectivity index is 1.23. The fourth-order valence-electron chi connectivity index (χ4n) is 9.37. The summed E-state index contributed by atoms with van der Waals surface area (Å²) >= 11 is 0. The van der Waals surface area contributed by atoms with Crippen molar-refractivity contribution in [2.75, 3.05) is 0 Å². The van der Waals surface area contributed by atoms with Crippen molar-refractivity contribution in [2.24, 2.45) is 0 Å². The third kappa shape index (κ3) is 4.47. The van der Waals surface area contributed by atoms with E-state index in [4.69, 9.17) is 0 Å². The lowest BCUT2D eigenvalue weighted by Gasteiger charge is -2.23. The maximum Gasteiger partial charge on any atom is 0.0159 e. The highest BCUT2D eigenvalue weighted by atomic mass is 14.4. The average molecular weight is 665 g/mol. The van der Waals surface area contributed by atoms with Gasteiger partial charge in [0.05, 0.1) is 0 Å². The van der Waals surface area contributed by atoms with Crippen molar-refractivity contribution in [3.8, 4) is 44.5 Å². The van der Waals surface area contributed by atoms with Crippen molar-refractivity contribution in [2.45, 2.75) is 38.5 Å². The lowest BCUT2D eigenvalue weighted by Crippen LogP contribution is -2.14. The first-order chi connectivity index (χ1) is 25.3. The van der Waals surface area contributed by atoms with Crippen LogP contribution in [0.2, 0.25) is 0 Å². The molecule has 2 aliphatic rings. The maximum atomic E-state index is 2.48. The Bertz CT molecular complexity index is 2770. The van der Waals surface area contributed by atoms with E-state index < -0.39 is 0 Å². The van der Waals surface area contributed by atoms with E-state index in [0.29, 0.717) is 0 Å². The zero-order valence-electron chi connectivity index (χ0n) is 30.2. The zero-order chi connectivity index (χ0) is 35.2. The Hall–Kier alpha value is -5.98. The summed E-state index contributed by atoms with van der Waals surface area (Å²) < 4.78 is 0. The summed E-state index contributed by atoms with van der Waals surface area (Å²) in [6, 6.07) is 58.9. The Labute approximate surface area is 306 Å². The molecule has 248 valence electrons. The molecule has 0 spiro atoms. The average Bonchev–Trinajstić information content (AvgIpc) is 3.55. The van der Waals surface area contributed by atoms with Gasteiger partial charge in [0.1, 0.15) is 0 Å². The Morgan fingerprint density at radius 2 is 0.827 bits per heavy atom. The first kappa shape index (κ1) is 30.8. The van der Waals surface area contributed by atoms with Crippen LogP contribution in [0.25, 0.3) is 78.2 Å². The molecule has 0 aromatic heterocycles. The van der Waals surface area contributed by atoms with Crippen LogP contribution in [0.1, 0.15) is 61.1 Å². The fraction of sp³-hybridized carbons (Fsp3) is 0.115. The molecule has 52 heavy (non-hydrogen) atoms. The van der Waals surface area contributed by atoms with Gasteiger partial charge in [-0.15, -0.1) is 0 Å².